The Morgan fingerprint density at radius 3 is 2.67 bits per heavy atom. The third-order valence-corrected chi connectivity index (χ3v) is 3.94. The Kier molecular flexibility index (Phi) is 5.02. The lowest BCUT2D eigenvalue weighted by molar-refractivity contribution is 0.102. The molecular weight excluding hydrogens is 423 g/mol. The van der Waals surface area contributed by atoms with Gasteiger partial charge in [-0.1, -0.05) is 29.9 Å². The van der Waals surface area contributed by atoms with Crippen molar-refractivity contribution in [2.75, 3.05) is 5.32 Å². The average molecular weight is 433 g/mol. The summed E-state index contributed by atoms with van der Waals surface area (Å²) in [6.45, 7) is 0. The van der Waals surface area contributed by atoms with Crippen LogP contribution in [-0.4, -0.2) is 16.0 Å². The summed E-state index contributed by atoms with van der Waals surface area (Å²) >= 11 is 13.0. The first-order valence-corrected chi connectivity index (χ1v) is 7.64. The SMILES string of the molecule is NC(=S)c1ccc(Cl)c(NC(=O)c2cc(I)ccc2O)c1. The number of anilines is 1. The molecule has 0 saturated heterocycles. The van der Waals surface area contributed by atoms with E-state index >= 15 is 0 Å². The maximum atomic E-state index is 12.2. The molecule has 0 aromatic heterocycles. The van der Waals surface area contributed by atoms with E-state index in [4.69, 9.17) is 29.6 Å². The number of nitrogens with two attached hydrogens (primary N) is 1. The number of phenolic OH excluding ortho intramolecular Hbond substituents is 1. The van der Waals surface area contributed by atoms with Gasteiger partial charge >= 0.3 is 0 Å². The van der Waals surface area contributed by atoms with Gasteiger partial charge in [0.15, 0.2) is 0 Å². The van der Waals surface area contributed by atoms with Crippen LogP contribution in [0.5, 0.6) is 5.75 Å². The zero-order valence-electron chi connectivity index (χ0n) is 10.6. The van der Waals surface area contributed by atoms with Crippen molar-refractivity contribution in [3.05, 3.63) is 56.1 Å². The standard InChI is InChI=1S/C14H10ClIN2O2S/c15-10-3-1-7(13(17)21)5-11(10)18-14(20)9-6-8(16)2-4-12(9)19/h1-6,19H,(H2,17,21)(H,18,20). The molecule has 0 aliphatic rings. The van der Waals surface area contributed by atoms with Crippen LogP contribution in [0.3, 0.4) is 0 Å². The zero-order valence-corrected chi connectivity index (χ0v) is 14.3. The van der Waals surface area contributed by atoms with Gasteiger partial charge in [-0.15, -0.1) is 0 Å². The molecule has 108 valence electrons. The van der Waals surface area contributed by atoms with E-state index in [2.05, 4.69) is 27.9 Å². The number of thiocarbonyl (C=S) groups is 1. The second-order valence-corrected chi connectivity index (χ2v) is 6.27. The minimum Gasteiger partial charge on any atom is -0.507 e. The first kappa shape index (κ1) is 16.0. The van der Waals surface area contributed by atoms with Crippen LogP contribution in [0, 0.1) is 3.57 Å². The minimum absolute atomic E-state index is 0.102. The number of rotatable bonds is 3. The summed E-state index contributed by atoms with van der Waals surface area (Å²) in [5, 5.41) is 12.8. The maximum absolute atomic E-state index is 12.2. The summed E-state index contributed by atoms with van der Waals surface area (Å²) in [7, 11) is 0. The Morgan fingerprint density at radius 2 is 2.00 bits per heavy atom. The van der Waals surface area contributed by atoms with Crippen molar-refractivity contribution in [2.45, 2.75) is 0 Å². The number of nitrogens with one attached hydrogen (secondary N) is 1. The molecule has 0 aliphatic heterocycles. The fourth-order valence-electron chi connectivity index (χ4n) is 1.65. The molecule has 0 radical (unpaired) electrons. The van der Waals surface area contributed by atoms with Gasteiger partial charge in [0.25, 0.3) is 5.91 Å². The summed E-state index contributed by atoms with van der Waals surface area (Å²) in [5.41, 5.74) is 6.69. The van der Waals surface area contributed by atoms with Gasteiger partial charge in [0.1, 0.15) is 10.7 Å². The molecule has 2 aromatic rings. The van der Waals surface area contributed by atoms with Crippen LogP contribution in [0.1, 0.15) is 15.9 Å². The molecule has 4 nitrogen and oxygen atoms in total. The molecule has 2 rings (SSSR count). The van der Waals surface area contributed by atoms with Gasteiger partial charge in [-0.05, 0) is 52.9 Å². The Bertz CT molecular complexity index is 737. The Labute approximate surface area is 145 Å². The first-order valence-electron chi connectivity index (χ1n) is 5.77. The summed E-state index contributed by atoms with van der Waals surface area (Å²) in [5.74, 6) is -0.567. The van der Waals surface area contributed by atoms with Gasteiger partial charge in [0.05, 0.1) is 16.3 Å². The zero-order chi connectivity index (χ0) is 15.6. The van der Waals surface area contributed by atoms with Crippen LogP contribution < -0.4 is 11.1 Å². The second kappa shape index (κ2) is 6.59. The quantitative estimate of drug-likeness (QED) is 0.512. The molecule has 0 aliphatic carbocycles. The van der Waals surface area contributed by atoms with Crippen molar-refractivity contribution >= 4 is 63.0 Å². The molecule has 1 amide bonds. The Morgan fingerprint density at radius 1 is 1.29 bits per heavy atom. The van der Waals surface area contributed by atoms with Crippen molar-refractivity contribution in [3.63, 3.8) is 0 Å². The van der Waals surface area contributed by atoms with Crippen molar-refractivity contribution in [2.24, 2.45) is 5.73 Å². The highest BCUT2D eigenvalue weighted by Gasteiger charge is 2.14. The Hall–Kier alpha value is -1.38. The molecule has 0 spiro atoms. The smallest absolute Gasteiger partial charge is 0.259 e. The van der Waals surface area contributed by atoms with E-state index in [-0.39, 0.29) is 16.3 Å². The normalized spacial score (nSPS) is 10.2. The molecule has 4 N–H and O–H groups in total. The number of aromatic hydroxyl groups is 1. The summed E-state index contributed by atoms with van der Waals surface area (Å²) in [6.07, 6.45) is 0. The van der Waals surface area contributed by atoms with Crippen molar-refractivity contribution < 1.29 is 9.90 Å². The van der Waals surface area contributed by atoms with Crippen LogP contribution >= 0.6 is 46.4 Å². The number of benzene rings is 2. The molecule has 21 heavy (non-hydrogen) atoms. The number of hydrogen-bond acceptors (Lipinski definition) is 3. The summed E-state index contributed by atoms with van der Waals surface area (Å²) in [4.78, 5) is 12.4. The molecule has 7 heteroatoms. The fraction of sp³-hybridized carbons (Fsp3) is 0. The van der Waals surface area contributed by atoms with Gasteiger partial charge < -0.3 is 16.2 Å². The highest BCUT2D eigenvalue weighted by Crippen LogP contribution is 2.26. The van der Waals surface area contributed by atoms with Gasteiger partial charge in [-0.3, -0.25) is 4.79 Å². The molecule has 0 saturated carbocycles. The lowest BCUT2D eigenvalue weighted by atomic mass is 10.1. The maximum Gasteiger partial charge on any atom is 0.259 e. The number of phenols is 1. The molecule has 0 fully saturated rings. The van der Waals surface area contributed by atoms with E-state index in [0.717, 1.165) is 3.57 Å². The van der Waals surface area contributed by atoms with E-state index < -0.39 is 5.91 Å². The number of halogens is 2. The number of hydrogen-bond donors (Lipinski definition) is 3. The van der Waals surface area contributed by atoms with Crippen LogP contribution in [0.25, 0.3) is 0 Å². The van der Waals surface area contributed by atoms with Crippen molar-refractivity contribution in [1.29, 1.82) is 0 Å². The lowest BCUT2D eigenvalue weighted by Gasteiger charge is -2.10. The molecule has 0 bridgehead atoms. The average Bonchev–Trinajstić information content (AvgIpc) is 2.43. The van der Waals surface area contributed by atoms with Crippen LogP contribution in [0.4, 0.5) is 5.69 Å². The van der Waals surface area contributed by atoms with Gasteiger partial charge in [-0.25, -0.2) is 0 Å². The molecule has 0 atom stereocenters. The monoisotopic (exact) mass is 432 g/mol. The van der Waals surface area contributed by atoms with E-state index in [1.807, 2.05) is 0 Å². The number of carbonyl (C=O) groups excluding carboxylic acids is 1. The third-order valence-electron chi connectivity index (χ3n) is 2.70. The van der Waals surface area contributed by atoms with E-state index in [1.165, 1.54) is 6.07 Å². The van der Waals surface area contributed by atoms with E-state index in [0.29, 0.717) is 16.3 Å². The predicted octanol–water partition coefficient (Wildman–Crippen LogP) is 3.54. The van der Waals surface area contributed by atoms with Crippen LogP contribution in [-0.2, 0) is 0 Å². The molecule has 2 aromatic carbocycles. The predicted molar refractivity (Wildman–Crippen MR) is 96.1 cm³/mol. The van der Waals surface area contributed by atoms with Gasteiger partial charge in [0.2, 0.25) is 0 Å². The Balaban J connectivity index is 2.33. The minimum atomic E-state index is -0.465. The van der Waals surface area contributed by atoms with E-state index in [1.54, 1.807) is 30.3 Å². The molecule has 0 heterocycles. The van der Waals surface area contributed by atoms with Gasteiger partial charge in [-0.2, -0.15) is 0 Å². The number of amides is 1. The summed E-state index contributed by atoms with van der Waals surface area (Å²) in [6, 6.07) is 9.60. The molecular formula is C14H10ClIN2O2S. The number of carbonyl (C=O) groups is 1. The van der Waals surface area contributed by atoms with Crippen molar-refractivity contribution in [1.82, 2.24) is 0 Å². The largest absolute Gasteiger partial charge is 0.507 e. The second-order valence-electron chi connectivity index (χ2n) is 4.17. The third kappa shape index (κ3) is 3.84. The van der Waals surface area contributed by atoms with Crippen molar-refractivity contribution in [3.8, 4) is 5.75 Å². The highest BCUT2D eigenvalue weighted by atomic mass is 127. The van der Waals surface area contributed by atoms with Crippen LogP contribution in [0.15, 0.2) is 36.4 Å². The lowest BCUT2D eigenvalue weighted by Crippen LogP contribution is -2.14. The van der Waals surface area contributed by atoms with E-state index in [9.17, 15) is 9.90 Å². The topological polar surface area (TPSA) is 75.3 Å². The first-order chi connectivity index (χ1) is 9.88. The molecule has 0 unspecified atom stereocenters. The summed E-state index contributed by atoms with van der Waals surface area (Å²) < 4.78 is 0.832. The fourth-order valence-corrected chi connectivity index (χ4v) is 2.44. The highest BCUT2D eigenvalue weighted by molar-refractivity contribution is 14.1. The van der Waals surface area contributed by atoms with Crippen LogP contribution in [0.2, 0.25) is 5.02 Å². The van der Waals surface area contributed by atoms with Gasteiger partial charge in [0, 0.05) is 9.13 Å².